The predicted molar refractivity (Wildman–Crippen MR) is 74.2 cm³/mol. The molecular formula is C15H14N2O2. The van der Waals surface area contributed by atoms with Crippen LogP contribution in [0, 0.1) is 10.1 Å². The quantitative estimate of drug-likeness (QED) is 0.656. The van der Waals surface area contributed by atoms with Gasteiger partial charge in [0, 0.05) is 17.8 Å². The fourth-order valence-corrected chi connectivity index (χ4v) is 2.52. The van der Waals surface area contributed by atoms with Crippen molar-refractivity contribution >= 4 is 11.4 Å². The topological polar surface area (TPSA) is 55.2 Å². The Kier molecular flexibility index (Phi) is 2.91. The molecule has 0 radical (unpaired) electrons. The van der Waals surface area contributed by atoms with Gasteiger partial charge in [-0.1, -0.05) is 30.3 Å². The maximum Gasteiger partial charge on any atom is 0.269 e. The Hall–Kier alpha value is -2.36. The second kappa shape index (κ2) is 4.72. The molecule has 4 heteroatoms. The number of para-hydroxylation sites is 1. The number of nitrogens with one attached hydrogen (secondary N) is 1. The zero-order valence-electron chi connectivity index (χ0n) is 10.4. The SMILES string of the molecule is O=[N+]([O-])c1ccc(C2CCc3ccccc3N2)cc1. The number of aryl methyl sites for hydroxylation is 1. The highest BCUT2D eigenvalue weighted by molar-refractivity contribution is 5.55. The van der Waals surface area contributed by atoms with Crippen molar-refractivity contribution in [2.24, 2.45) is 0 Å². The molecule has 1 N–H and O–H groups in total. The Morgan fingerprint density at radius 2 is 1.84 bits per heavy atom. The second-order valence-electron chi connectivity index (χ2n) is 4.74. The lowest BCUT2D eigenvalue weighted by Gasteiger charge is -2.27. The zero-order chi connectivity index (χ0) is 13.2. The number of nitro benzene ring substituents is 1. The summed E-state index contributed by atoms with van der Waals surface area (Å²) in [6.45, 7) is 0. The molecule has 19 heavy (non-hydrogen) atoms. The van der Waals surface area contributed by atoms with Gasteiger partial charge in [-0.05, 0) is 30.0 Å². The molecule has 0 saturated carbocycles. The molecule has 2 aromatic carbocycles. The Bertz CT molecular complexity index is 608. The lowest BCUT2D eigenvalue weighted by Crippen LogP contribution is -2.17. The van der Waals surface area contributed by atoms with Gasteiger partial charge in [-0.3, -0.25) is 10.1 Å². The van der Waals surface area contributed by atoms with Crippen LogP contribution in [0.5, 0.6) is 0 Å². The number of non-ortho nitro benzene ring substituents is 1. The fraction of sp³-hybridized carbons (Fsp3) is 0.200. The van der Waals surface area contributed by atoms with E-state index in [0.717, 1.165) is 24.1 Å². The van der Waals surface area contributed by atoms with E-state index in [2.05, 4.69) is 17.4 Å². The van der Waals surface area contributed by atoms with Crippen LogP contribution in [-0.2, 0) is 6.42 Å². The van der Waals surface area contributed by atoms with Crippen molar-refractivity contribution < 1.29 is 4.92 Å². The molecule has 3 rings (SSSR count). The minimum atomic E-state index is -0.368. The van der Waals surface area contributed by atoms with Gasteiger partial charge < -0.3 is 5.32 Å². The van der Waals surface area contributed by atoms with Crippen molar-refractivity contribution in [2.45, 2.75) is 18.9 Å². The van der Waals surface area contributed by atoms with E-state index in [1.54, 1.807) is 12.1 Å². The summed E-state index contributed by atoms with van der Waals surface area (Å²) in [6, 6.07) is 15.3. The fourth-order valence-electron chi connectivity index (χ4n) is 2.52. The largest absolute Gasteiger partial charge is 0.378 e. The number of nitro groups is 1. The Balaban J connectivity index is 1.83. The van der Waals surface area contributed by atoms with Crippen molar-refractivity contribution in [3.8, 4) is 0 Å². The van der Waals surface area contributed by atoms with Crippen LogP contribution in [0.25, 0.3) is 0 Å². The van der Waals surface area contributed by atoms with E-state index in [4.69, 9.17) is 0 Å². The van der Waals surface area contributed by atoms with E-state index >= 15 is 0 Å². The summed E-state index contributed by atoms with van der Waals surface area (Å²) in [5.74, 6) is 0. The molecule has 1 atom stereocenters. The molecule has 1 heterocycles. The summed E-state index contributed by atoms with van der Waals surface area (Å²) >= 11 is 0. The lowest BCUT2D eigenvalue weighted by molar-refractivity contribution is -0.384. The first-order valence-electron chi connectivity index (χ1n) is 6.33. The van der Waals surface area contributed by atoms with Gasteiger partial charge in [-0.15, -0.1) is 0 Å². The van der Waals surface area contributed by atoms with E-state index < -0.39 is 0 Å². The minimum Gasteiger partial charge on any atom is -0.378 e. The molecule has 1 aliphatic heterocycles. The molecular weight excluding hydrogens is 240 g/mol. The van der Waals surface area contributed by atoms with Gasteiger partial charge in [-0.25, -0.2) is 0 Å². The molecule has 0 fully saturated rings. The molecule has 1 aliphatic rings. The summed E-state index contributed by atoms with van der Waals surface area (Å²) in [4.78, 5) is 10.3. The average molecular weight is 254 g/mol. The monoisotopic (exact) mass is 254 g/mol. The van der Waals surface area contributed by atoms with Crippen LogP contribution < -0.4 is 5.32 Å². The molecule has 1 unspecified atom stereocenters. The maximum absolute atomic E-state index is 10.6. The average Bonchev–Trinajstić information content (AvgIpc) is 2.47. The van der Waals surface area contributed by atoms with E-state index in [9.17, 15) is 10.1 Å². The molecule has 96 valence electrons. The van der Waals surface area contributed by atoms with Crippen LogP contribution in [0.3, 0.4) is 0 Å². The van der Waals surface area contributed by atoms with E-state index in [-0.39, 0.29) is 16.7 Å². The van der Waals surface area contributed by atoms with Crippen LogP contribution in [0.2, 0.25) is 0 Å². The first-order chi connectivity index (χ1) is 9.24. The molecule has 0 aromatic heterocycles. The third-order valence-electron chi connectivity index (χ3n) is 3.56. The van der Waals surface area contributed by atoms with Crippen molar-refractivity contribution in [1.82, 2.24) is 0 Å². The van der Waals surface area contributed by atoms with Crippen molar-refractivity contribution in [2.75, 3.05) is 5.32 Å². The standard InChI is InChI=1S/C15H14N2O2/c18-17(19)13-8-5-12(6-9-13)15-10-7-11-3-1-2-4-14(11)16-15/h1-6,8-9,15-16H,7,10H2. The third kappa shape index (κ3) is 2.29. The highest BCUT2D eigenvalue weighted by Crippen LogP contribution is 2.32. The molecule has 2 aromatic rings. The number of anilines is 1. The molecule has 0 aliphatic carbocycles. The summed E-state index contributed by atoms with van der Waals surface area (Å²) in [6.07, 6.45) is 2.04. The first-order valence-corrected chi connectivity index (χ1v) is 6.33. The number of benzene rings is 2. The van der Waals surface area contributed by atoms with Gasteiger partial charge in [0.2, 0.25) is 0 Å². The molecule has 0 amide bonds. The number of hydrogen-bond acceptors (Lipinski definition) is 3. The number of hydrogen-bond donors (Lipinski definition) is 1. The van der Waals surface area contributed by atoms with Gasteiger partial charge in [-0.2, -0.15) is 0 Å². The number of fused-ring (bicyclic) bond motifs is 1. The van der Waals surface area contributed by atoms with Gasteiger partial charge in [0.1, 0.15) is 0 Å². The summed E-state index contributed by atoms with van der Waals surface area (Å²) in [5.41, 5.74) is 3.73. The molecule has 4 nitrogen and oxygen atoms in total. The minimum absolute atomic E-state index is 0.139. The Morgan fingerprint density at radius 1 is 1.11 bits per heavy atom. The summed E-state index contributed by atoms with van der Waals surface area (Å²) in [5, 5.41) is 14.1. The van der Waals surface area contributed by atoms with Gasteiger partial charge in [0.15, 0.2) is 0 Å². The van der Waals surface area contributed by atoms with E-state index in [1.165, 1.54) is 5.56 Å². The van der Waals surface area contributed by atoms with Crippen LogP contribution in [0.4, 0.5) is 11.4 Å². The van der Waals surface area contributed by atoms with Crippen LogP contribution in [0.1, 0.15) is 23.6 Å². The van der Waals surface area contributed by atoms with Crippen LogP contribution in [-0.4, -0.2) is 4.92 Å². The van der Waals surface area contributed by atoms with Gasteiger partial charge in [0.25, 0.3) is 5.69 Å². The highest BCUT2D eigenvalue weighted by Gasteiger charge is 2.19. The van der Waals surface area contributed by atoms with Gasteiger partial charge >= 0.3 is 0 Å². The number of nitrogens with zero attached hydrogens (tertiary/aromatic N) is 1. The number of rotatable bonds is 2. The first kappa shape index (κ1) is 11.7. The molecule has 0 saturated heterocycles. The normalized spacial score (nSPS) is 17.4. The zero-order valence-corrected chi connectivity index (χ0v) is 10.4. The smallest absolute Gasteiger partial charge is 0.269 e. The van der Waals surface area contributed by atoms with E-state index in [1.807, 2.05) is 24.3 Å². The van der Waals surface area contributed by atoms with Crippen LogP contribution in [0.15, 0.2) is 48.5 Å². The Morgan fingerprint density at radius 3 is 2.58 bits per heavy atom. The Labute approximate surface area is 111 Å². The molecule has 0 spiro atoms. The van der Waals surface area contributed by atoms with Crippen LogP contribution >= 0.6 is 0 Å². The van der Waals surface area contributed by atoms with Crippen molar-refractivity contribution in [3.63, 3.8) is 0 Å². The maximum atomic E-state index is 10.6. The van der Waals surface area contributed by atoms with Gasteiger partial charge in [0.05, 0.1) is 11.0 Å². The van der Waals surface area contributed by atoms with Crippen molar-refractivity contribution in [1.29, 1.82) is 0 Å². The predicted octanol–water partition coefficient (Wildman–Crippen LogP) is 3.69. The molecule has 0 bridgehead atoms. The van der Waals surface area contributed by atoms with Crippen molar-refractivity contribution in [3.05, 3.63) is 69.8 Å². The van der Waals surface area contributed by atoms with E-state index in [0.29, 0.717) is 0 Å². The second-order valence-corrected chi connectivity index (χ2v) is 4.74. The lowest BCUT2D eigenvalue weighted by atomic mass is 9.93. The summed E-state index contributed by atoms with van der Waals surface area (Å²) in [7, 11) is 0. The highest BCUT2D eigenvalue weighted by atomic mass is 16.6. The summed E-state index contributed by atoms with van der Waals surface area (Å²) < 4.78 is 0. The third-order valence-corrected chi connectivity index (χ3v) is 3.56.